The molecule has 2 aromatic rings. The van der Waals surface area contributed by atoms with Crippen LogP contribution < -0.4 is 16.1 Å². The normalized spacial score (nSPS) is 26.9. The number of sulfone groups is 1. The second-order valence-corrected chi connectivity index (χ2v) is 14.0. The van der Waals surface area contributed by atoms with Gasteiger partial charge >= 0.3 is 5.97 Å². The Morgan fingerprint density at radius 2 is 1.70 bits per heavy atom. The topological polar surface area (TPSA) is 164 Å². The standard InChI is InChI=1S/C31H41N5O7S/c1-19(2)28-30(39)33-21(4)31(40)36-15-7-9-25(35-36)29(38)32-20(3)24-13-12-23-11-10-22(18-26(23)34-24)8-5-6-16-44(41,42)17-14-27(37)43-28/h5,8,10-13,18-21,25,28,35H,6-7,9,14-17H2,1-4H3,(H,32,38)(H,33,39)/b8-5+/t20-,21+,25+,28+/m1/s1. The maximum absolute atomic E-state index is 13.2. The molecule has 3 heterocycles. The molecule has 0 aliphatic carbocycles. The Morgan fingerprint density at radius 1 is 0.977 bits per heavy atom. The van der Waals surface area contributed by atoms with Gasteiger partial charge in [-0.2, -0.15) is 0 Å². The number of rotatable bonds is 1. The van der Waals surface area contributed by atoms with Gasteiger partial charge in [0.25, 0.3) is 11.8 Å². The van der Waals surface area contributed by atoms with Gasteiger partial charge in [0.2, 0.25) is 5.91 Å². The van der Waals surface area contributed by atoms with Gasteiger partial charge in [0.15, 0.2) is 15.9 Å². The number of amides is 3. The molecule has 3 N–H and O–H groups in total. The predicted octanol–water partition coefficient (Wildman–Crippen LogP) is 2.20. The van der Waals surface area contributed by atoms with E-state index in [4.69, 9.17) is 9.72 Å². The molecule has 0 unspecified atom stereocenters. The molecule has 1 aromatic carbocycles. The third-order valence-corrected chi connectivity index (χ3v) is 9.37. The fraction of sp³-hybridized carbons (Fsp3) is 0.516. The summed E-state index contributed by atoms with van der Waals surface area (Å²) >= 11 is 0. The Kier molecular flexibility index (Phi) is 10.7. The zero-order valence-corrected chi connectivity index (χ0v) is 26.4. The van der Waals surface area contributed by atoms with Crippen molar-refractivity contribution in [3.05, 3.63) is 47.7 Å². The number of cyclic esters (lactones) is 1. The molecule has 1 aromatic heterocycles. The number of benzene rings is 1. The highest BCUT2D eigenvalue weighted by Gasteiger charge is 2.34. The predicted molar refractivity (Wildman–Crippen MR) is 165 cm³/mol. The lowest BCUT2D eigenvalue weighted by atomic mass is 10.1. The summed E-state index contributed by atoms with van der Waals surface area (Å²) in [5, 5.41) is 7.83. The van der Waals surface area contributed by atoms with Crippen LogP contribution in [0.25, 0.3) is 17.0 Å². The van der Waals surface area contributed by atoms with Gasteiger partial charge in [-0.15, -0.1) is 0 Å². The van der Waals surface area contributed by atoms with Gasteiger partial charge in [-0.05, 0) is 56.7 Å². The number of hydrogen-bond acceptors (Lipinski definition) is 9. The van der Waals surface area contributed by atoms with Crippen molar-refractivity contribution in [2.45, 2.75) is 77.6 Å². The number of aromatic nitrogens is 1. The molecule has 0 saturated carbocycles. The number of allylic oxidation sites excluding steroid dienone is 1. The van der Waals surface area contributed by atoms with Crippen LogP contribution in [-0.2, 0) is 33.8 Å². The van der Waals surface area contributed by atoms with Crippen LogP contribution in [0.15, 0.2) is 36.4 Å². The lowest BCUT2D eigenvalue weighted by molar-refractivity contribution is -0.159. The molecule has 238 valence electrons. The first kappa shape index (κ1) is 33.1. The molecule has 2 aliphatic rings. The first-order chi connectivity index (χ1) is 20.8. The smallest absolute Gasteiger partial charge is 0.307 e. The van der Waals surface area contributed by atoms with Crippen molar-refractivity contribution < 1.29 is 32.3 Å². The lowest BCUT2D eigenvalue weighted by Crippen LogP contribution is -2.61. The Bertz CT molecular complexity index is 1540. The van der Waals surface area contributed by atoms with Crippen molar-refractivity contribution >= 4 is 50.5 Å². The minimum atomic E-state index is -3.56. The maximum Gasteiger partial charge on any atom is 0.307 e. The van der Waals surface area contributed by atoms with Gasteiger partial charge in [-0.25, -0.2) is 13.8 Å². The number of esters is 1. The van der Waals surface area contributed by atoms with Crippen molar-refractivity contribution in [3.63, 3.8) is 0 Å². The van der Waals surface area contributed by atoms with Crippen molar-refractivity contribution in [1.82, 2.24) is 26.1 Å². The van der Waals surface area contributed by atoms with E-state index in [0.717, 1.165) is 16.5 Å². The van der Waals surface area contributed by atoms with Crippen LogP contribution in [0, 0.1) is 5.92 Å². The summed E-state index contributed by atoms with van der Waals surface area (Å²) in [4.78, 5) is 56.7. The molecule has 1 fully saturated rings. The summed E-state index contributed by atoms with van der Waals surface area (Å²) in [5.74, 6) is -3.19. The third-order valence-electron chi connectivity index (χ3n) is 7.68. The van der Waals surface area contributed by atoms with Crippen LogP contribution >= 0.6 is 0 Å². The fourth-order valence-electron chi connectivity index (χ4n) is 5.11. The van der Waals surface area contributed by atoms with Crippen LogP contribution in [0.2, 0.25) is 0 Å². The number of hydrazine groups is 1. The number of hydrogen-bond donors (Lipinski definition) is 3. The SMILES string of the molecule is CC(C)[C@@H]1OC(=O)CCS(=O)(=O)CC/C=C/c2ccc3ccc(nc3c2)[C@@H](C)NC(=O)[C@@H]2CCCN(N2)C(=O)[C@H](C)NC1=O. The number of carbonyl (C=O) groups is 4. The summed E-state index contributed by atoms with van der Waals surface area (Å²) in [6.07, 6.45) is 3.31. The van der Waals surface area contributed by atoms with E-state index in [9.17, 15) is 27.6 Å². The number of nitrogens with zero attached hydrogens (tertiary/aromatic N) is 2. The van der Waals surface area contributed by atoms with Crippen LogP contribution in [0.1, 0.15) is 70.7 Å². The Morgan fingerprint density at radius 3 is 2.45 bits per heavy atom. The molecule has 44 heavy (non-hydrogen) atoms. The van der Waals surface area contributed by atoms with Crippen molar-refractivity contribution in [1.29, 1.82) is 0 Å². The Hall–Kier alpha value is -3.84. The summed E-state index contributed by atoms with van der Waals surface area (Å²) in [5.41, 5.74) is 5.22. The molecule has 2 aliphatic heterocycles. The van der Waals surface area contributed by atoms with Crippen molar-refractivity contribution in [3.8, 4) is 0 Å². The van der Waals surface area contributed by atoms with Crippen LogP contribution in [0.4, 0.5) is 0 Å². The van der Waals surface area contributed by atoms with Gasteiger partial charge in [-0.1, -0.05) is 44.2 Å². The Labute approximate surface area is 257 Å². The minimum absolute atomic E-state index is 0.150. The molecule has 3 amide bonds. The zero-order valence-electron chi connectivity index (χ0n) is 25.5. The highest BCUT2D eigenvalue weighted by atomic mass is 32.2. The molecule has 4 rings (SSSR count). The molecule has 12 nitrogen and oxygen atoms in total. The molecule has 0 spiro atoms. The van der Waals surface area contributed by atoms with E-state index < -0.39 is 69.9 Å². The largest absolute Gasteiger partial charge is 0.452 e. The molecule has 1 saturated heterocycles. The minimum Gasteiger partial charge on any atom is -0.452 e. The van der Waals surface area contributed by atoms with Crippen molar-refractivity contribution in [2.75, 3.05) is 18.1 Å². The van der Waals surface area contributed by atoms with E-state index in [2.05, 4.69) is 16.1 Å². The van der Waals surface area contributed by atoms with Gasteiger partial charge in [0.1, 0.15) is 12.1 Å². The van der Waals surface area contributed by atoms with Gasteiger partial charge < -0.3 is 15.4 Å². The van der Waals surface area contributed by atoms with Gasteiger partial charge in [0.05, 0.1) is 35.2 Å². The molecule has 13 heteroatoms. The molecular weight excluding hydrogens is 586 g/mol. The van der Waals surface area contributed by atoms with E-state index >= 15 is 0 Å². The quantitative estimate of drug-likeness (QED) is 0.402. The fourth-order valence-corrected chi connectivity index (χ4v) is 6.29. The van der Waals surface area contributed by atoms with E-state index in [1.165, 1.54) is 11.9 Å². The average Bonchev–Trinajstić information content (AvgIpc) is 2.99. The maximum atomic E-state index is 13.2. The lowest BCUT2D eigenvalue weighted by Gasteiger charge is -2.35. The number of fused-ring (bicyclic) bond motifs is 4. The van der Waals surface area contributed by atoms with Crippen LogP contribution in [0.3, 0.4) is 0 Å². The third kappa shape index (κ3) is 8.63. The highest BCUT2D eigenvalue weighted by Crippen LogP contribution is 2.20. The molecule has 5 bridgehead atoms. The van der Waals surface area contributed by atoms with E-state index in [1.54, 1.807) is 19.9 Å². The Balaban J connectivity index is 1.58. The second-order valence-electron chi connectivity index (χ2n) is 11.7. The number of nitrogens with one attached hydrogen (secondary N) is 3. The molecule has 0 radical (unpaired) electrons. The zero-order chi connectivity index (χ0) is 32.0. The summed E-state index contributed by atoms with van der Waals surface area (Å²) in [6.45, 7) is 7.06. The first-order valence-corrected chi connectivity index (χ1v) is 16.8. The average molecular weight is 628 g/mol. The number of carbonyl (C=O) groups excluding carboxylic acids is 4. The highest BCUT2D eigenvalue weighted by molar-refractivity contribution is 7.91. The van der Waals surface area contributed by atoms with Gasteiger partial charge in [-0.3, -0.25) is 29.2 Å². The molecular formula is C31H41N5O7S. The van der Waals surface area contributed by atoms with Gasteiger partial charge in [0, 0.05) is 11.9 Å². The van der Waals surface area contributed by atoms with E-state index in [0.29, 0.717) is 25.1 Å². The summed E-state index contributed by atoms with van der Waals surface area (Å²) < 4.78 is 30.6. The molecule has 4 atom stereocenters. The summed E-state index contributed by atoms with van der Waals surface area (Å²) in [6, 6.07) is 7.45. The monoisotopic (exact) mass is 627 g/mol. The number of ether oxygens (including phenoxy) is 1. The first-order valence-electron chi connectivity index (χ1n) is 15.0. The van der Waals surface area contributed by atoms with Crippen LogP contribution in [-0.4, -0.2) is 78.3 Å². The second kappa shape index (κ2) is 14.3. The van der Waals surface area contributed by atoms with E-state index in [-0.39, 0.29) is 18.1 Å². The van der Waals surface area contributed by atoms with E-state index in [1.807, 2.05) is 43.3 Å². The van der Waals surface area contributed by atoms with Crippen LogP contribution in [0.5, 0.6) is 0 Å². The number of pyridine rings is 1. The summed E-state index contributed by atoms with van der Waals surface area (Å²) in [7, 11) is -3.56. The van der Waals surface area contributed by atoms with Crippen molar-refractivity contribution in [2.24, 2.45) is 5.92 Å².